The number of fused-ring (bicyclic) bond motifs is 6. The monoisotopic (exact) mass is 433 g/mol. The fraction of sp³-hybridized carbons (Fsp3) is 0.0303. The topological polar surface area (TPSA) is 4.93 Å². The lowest BCUT2D eigenvalue weighted by molar-refractivity contribution is 1.17. The molecule has 1 heterocycles. The quantitative estimate of drug-likeness (QED) is 0.240. The van der Waals surface area contributed by atoms with E-state index in [1.165, 1.54) is 65.7 Å². The van der Waals surface area contributed by atoms with Crippen molar-refractivity contribution in [2.45, 2.75) is 6.92 Å². The van der Waals surface area contributed by atoms with E-state index in [4.69, 9.17) is 0 Å². The molecule has 0 N–H and O–H groups in total. The van der Waals surface area contributed by atoms with Crippen LogP contribution in [-0.4, -0.2) is 4.57 Å². The first-order valence-corrected chi connectivity index (χ1v) is 11.8. The Morgan fingerprint density at radius 2 is 1.03 bits per heavy atom. The Labute approximate surface area is 198 Å². The molecule has 0 bridgehead atoms. The van der Waals surface area contributed by atoms with Crippen LogP contribution in [0.5, 0.6) is 0 Å². The van der Waals surface area contributed by atoms with Crippen molar-refractivity contribution in [3.05, 3.63) is 127 Å². The molecule has 0 aliphatic rings. The van der Waals surface area contributed by atoms with Crippen LogP contribution in [0.25, 0.3) is 60.2 Å². The Morgan fingerprint density at radius 1 is 0.471 bits per heavy atom. The zero-order valence-corrected chi connectivity index (χ0v) is 19.0. The van der Waals surface area contributed by atoms with Crippen molar-refractivity contribution in [2.24, 2.45) is 0 Å². The van der Waals surface area contributed by atoms with Crippen LogP contribution in [-0.2, 0) is 0 Å². The minimum absolute atomic E-state index is 1.20. The number of hydrogen-bond acceptors (Lipinski definition) is 0. The van der Waals surface area contributed by atoms with Crippen LogP contribution in [0.3, 0.4) is 0 Å². The molecule has 0 saturated heterocycles. The van der Waals surface area contributed by atoms with Crippen LogP contribution in [0, 0.1) is 6.92 Å². The molecule has 1 nitrogen and oxygen atoms in total. The SMILES string of the molecule is Cc1cc(-c2cc3ccccc3c3ccccc23)cc(-n2c3ccccc3c3ccccc32)c1. The summed E-state index contributed by atoms with van der Waals surface area (Å²) in [4.78, 5) is 0. The molecule has 34 heavy (non-hydrogen) atoms. The molecule has 1 aromatic heterocycles. The first-order chi connectivity index (χ1) is 16.8. The Morgan fingerprint density at radius 3 is 1.74 bits per heavy atom. The Kier molecular flexibility index (Phi) is 4.13. The summed E-state index contributed by atoms with van der Waals surface area (Å²) in [5.74, 6) is 0. The molecule has 0 aliphatic carbocycles. The number of hydrogen-bond donors (Lipinski definition) is 0. The summed E-state index contributed by atoms with van der Waals surface area (Å²) < 4.78 is 2.41. The van der Waals surface area contributed by atoms with E-state index >= 15 is 0 Å². The molecular formula is C33H23N. The largest absolute Gasteiger partial charge is 0.309 e. The van der Waals surface area contributed by atoms with Gasteiger partial charge in [0.15, 0.2) is 0 Å². The number of aromatic nitrogens is 1. The lowest BCUT2D eigenvalue weighted by Crippen LogP contribution is -1.96. The Bertz CT molecular complexity index is 1820. The zero-order chi connectivity index (χ0) is 22.6. The van der Waals surface area contributed by atoms with Gasteiger partial charge < -0.3 is 4.57 Å². The normalized spacial score (nSPS) is 11.7. The molecule has 0 saturated carbocycles. The summed E-state index contributed by atoms with van der Waals surface area (Å²) in [7, 11) is 0. The molecule has 0 spiro atoms. The number of benzene rings is 6. The zero-order valence-electron chi connectivity index (χ0n) is 19.0. The number of aryl methyl sites for hydroxylation is 1. The highest BCUT2D eigenvalue weighted by Gasteiger charge is 2.14. The van der Waals surface area contributed by atoms with E-state index in [1.807, 2.05) is 0 Å². The number of para-hydroxylation sites is 2. The molecule has 7 aromatic rings. The Balaban J connectivity index is 1.56. The molecule has 0 aliphatic heterocycles. The predicted molar refractivity (Wildman–Crippen MR) is 146 cm³/mol. The van der Waals surface area contributed by atoms with Gasteiger partial charge in [0.25, 0.3) is 0 Å². The molecular weight excluding hydrogens is 410 g/mol. The number of rotatable bonds is 2. The van der Waals surface area contributed by atoms with E-state index in [0.717, 1.165) is 0 Å². The van der Waals surface area contributed by atoms with Crippen molar-refractivity contribution in [1.29, 1.82) is 0 Å². The highest BCUT2D eigenvalue weighted by molar-refractivity contribution is 6.14. The molecule has 0 radical (unpaired) electrons. The van der Waals surface area contributed by atoms with Gasteiger partial charge in [0.1, 0.15) is 0 Å². The van der Waals surface area contributed by atoms with Crippen LogP contribution >= 0.6 is 0 Å². The maximum absolute atomic E-state index is 2.41. The van der Waals surface area contributed by atoms with E-state index in [-0.39, 0.29) is 0 Å². The van der Waals surface area contributed by atoms with Crippen LogP contribution in [0.15, 0.2) is 121 Å². The van der Waals surface area contributed by atoms with Crippen molar-refractivity contribution < 1.29 is 0 Å². The highest BCUT2D eigenvalue weighted by Crippen LogP contribution is 2.38. The summed E-state index contributed by atoms with van der Waals surface area (Å²) in [6.45, 7) is 2.20. The first-order valence-electron chi connectivity index (χ1n) is 11.8. The minimum Gasteiger partial charge on any atom is -0.309 e. The third kappa shape index (κ3) is 2.80. The summed E-state index contributed by atoms with van der Waals surface area (Å²) in [5.41, 5.74) is 7.46. The second-order valence-corrected chi connectivity index (χ2v) is 9.12. The highest BCUT2D eigenvalue weighted by atomic mass is 15.0. The number of nitrogens with zero attached hydrogens (tertiary/aromatic N) is 1. The molecule has 0 unspecified atom stereocenters. The second kappa shape index (κ2) is 7.33. The van der Waals surface area contributed by atoms with Crippen molar-refractivity contribution in [3.8, 4) is 16.8 Å². The smallest absolute Gasteiger partial charge is 0.0541 e. The van der Waals surface area contributed by atoms with Crippen molar-refractivity contribution in [2.75, 3.05) is 0 Å². The molecule has 1 heteroatoms. The first kappa shape index (κ1) is 19.1. The lowest BCUT2D eigenvalue weighted by atomic mass is 9.92. The van der Waals surface area contributed by atoms with Gasteiger partial charge in [0.05, 0.1) is 11.0 Å². The molecule has 160 valence electrons. The molecule has 6 aromatic carbocycles. The van der Waals surface area contributed by atoms with Crippen LogP contribution < -0.4 is 0 Å². The second-order valence-electron chi connectivity index (χ2n) is 9.12. The van der Waals surface area contributed by atoms with Gasteiger partial charge in [0, 0.05) is 16.5 Å². The van der Waals surface area contributed by atoms with E-state index in [2.05, 4.69) is 133 Å². The summed E-state index contributed by atoms with van der Waals surface area (Å²) in [6, 6.07) is 44.2. The molecule has 0 amide bonds. The Hall–Kier alpha value is -4.36. The van der Waals surface area contributed by atoms with Gasteiger partial charge in [-0.1, -0.05) is 91.0 Å². The molecule has 7 rings (SSSR count). The molecule has 0 fully saturated rings. The molecule has 0 atom stereocenters. The van der Waals surface area contributed by atoms with Crippen LogP contribution in [0.1, 0.15) is 5.56 Å². The van der Waals surface area contributed by atoms with Crippen molar-refractivity contribution in [3.63, 3.8) is 0 Å². The van der Waals surface area contributed by atoms with Gasteiger partial charge in [-0.2, -0.15) is 0 Å². The van der Waals surface area contributed by atoms with Crippen molar-refractivity contribution >= 4 is 43.4 Å². The maximum atomic E-state index is 2.41. The van der Waals surface area contributed by atoms with Gasteiger partial charge in [-0.25, -0.2) is 0 Å². The third-order valence-electron chi connectivity index (χ3n) is 6.98. The van der Waals surface area contributed by atoms with E-state index < -0.39 is 0 Å². The van der Waals surface area contributed by atoms with Crippen LogP contribution in [0.2, 0.25) is 0 Å². The minimum atomic E-state index is 1.20. The standard InChI is InChI=1S/C33H23N/c1-22-18-24(31-21-23-10-2-3-11-26(23)27-12-4-5-13-28(27)31)20-25(19-22)34-32-16-8-6-14-29(32)30-15-7-9-17-33(30)34/h2-21H,1H3. The summed E-state index contributed by atoms with van der Waals surface area (Å²) >= 11 is 0. The summed E-state index contributed by atoms with van der Waals surface area (Å²) in [6.07, 6.45) is 0. The van der Waals surface area contributed by atoms with E-state index in [9.17, 15) is 0 Å². The maximum Gasteiger partial charge on any atom is 0.0541 e. The summed E-state index contributed by atoms with van der Waals surface area (Å²) in [5, 5.41) is 7.75. The fourth-order valence-electron chi connectivity index (χ4n) is 5.54. The van der Waals surface area contributed by atoms with Gasteiger partial charge >= 0.3 is 0 Å². The van der Waals surface area contributed by atoms with Gasteiger partial charge in [0.2, 0.25) is 0 Å². The van der Waals surface area contributed by atoms with Crippen molar-refractivity contribution in [1.82, 2.24) is 4.57 Å². The van der Waals surface area contributed by atoms with Gasteiger partial charge in [-0.15, -0.1) is 0 Å². The van der Waals surface area contributed by atoms with Crippen LogP contribution in [0.4, 0.5) is 0 Å². The average molecular weight is 434 g/mol. The lowest BCUT2D eigenvalue weighted by Gasteiger charge is -2.15. The third-order valence-corrected chi connectivity index (χ3v) is 6.98. The van der Waals surface area contributed by atoms with E-state index in [1.54, 1.807) is 0 Å². The van der Waals surface area contributed by atoms with E-state index in [0.29, 0.717) is 0 Å². The predicted octanol–water partition coefficient (Wildman–Crippen LogP) is 9.07. The fourth-order valence-corrected chi connectivity index (χ4v) is 5.54. The van der Waals surface area contributed by atoms with Gasteiger partial charge in [-0.3, -0.25) is 0 Å². The van der Waals surface area contributed by atoms with Gasteiger partial charge in [-0.05, 0) is 75.5 Å². The average Bonchev–Trinajstić information content (AvgIpc) is 3.22.